The second kappa shape index (κ2) is 2.53. The fraction of sp³-hybridized carbons (Fsp3) is 1.00. The summed E-state index contributed by atoms with van der Waals surface area (Å²) >= 11 is 0. The Morgan fingerprint density at radius 1 is 0.500 bits per heavy atom. The molecule has 0 atom stereocenters. The van der Waals surface area contributed by atoms with Crippen molar-refractivity contribution in [1.29, 1.82) is 0 Å². The van der Waals surface area contributed by atoms with Crippen molar-refractivity contribution in [3.63, 3.8) is 0 Å². The molecule has 6 heteroatoms. The van der Waals surface area contributed by atoms with E-state index >= 15 is 0 Å². The number of rotatable bonds is 2. The molecule has 3 N–H and O–H groups in total. The molecular weight excluding hydrogens is 237 g/mol. The van der Waals surface area contributed by atoms with Crippen molar-refractivity contribution >= 4 is 19.2 Å². The normalized spacial score (nSPS) is 23.8. The van der Waals surface area contributed by atoms with Crippen LogP contribution in [0, 0.1) is 0 Å². The van der Waals surface area contributed by atoms with Gasteiger partial charge in [-0.15, -0.1) is 0 Å². The Kier molecular flexibility index (Phi) is 2.74. The molecule has 0 fully saturated rings. The Morgan fingerprint density at radius 3 is 0.643 bits per heavy atom. The molecule has 0 aromatic carbocycles. The van der Waals surface area contributed by atoms with Crippen LogP contribution >= 0.6 is 19.2 Å². The first-order valence-electron chi connectivity index (χ1n) is 4.58. The van der Waals surface area contributed by atoms with Crippen LogP contribution in [0.1, 0.15) is 0 Å². The first-order valence-corrected chi connectivity index (χ1v) is 16.1. The summed E-state index contributed by atoms with van der Waals surface area (Å²) in [5, 5.41) is 0. The molecule has 0 amide bonds. The van der Waals surface area contributed by atoms with E-state index in [1.807, 2.05) is 53.3 Å². The van der Waals surface area contributed by atoms with Crippen LogP contribution in [0.15, 0.2) is 0 Å². The Bertz CT molecular complexity index is 227. The topological polar surface area (TPSA) is 60.7 Å². The first-order chi connectivity index (χ1) is 5.32. The van der Waals surface area contributed by atoms with E-state index in [4.69, 9.17) is 0 Å². The van der Waals surface area contributed by atoms with Crippen molar-refractivity contribution in [1.82, 2.24) is 0 Å². The van der Waals surface area contributed by atoms with Gasteiger partial charge in [-0.05, 0) is 0 Å². The van der Waals surface area contributed by atoms with E-state index in [1.165, 1.54) is 0 Å². The van der Waals surface area contributed by atoms with E-state index < -0.39 is 19.2 Å². The van der Waals surface area contributed by atoms with Crippen LogP contribution in [0.2, 0.25) is 0 Å². The van der Waals surface area contributed by atoms with Crippen molar-refractivity contribution < 1.29 is 14.7 Å². The van der Waals surface area contributed by atoms with E-state index in [9.17, 15) is 14.7 Å². The van der Waals surface area contributed by atoms with Gasteiger partial charge in [0.25, 0.3) is 0 Å². The average molecular weight is 264 g/mol. The molecule has 0 aliphatic heterocycles. The van der Waals surface area contributed by atoms with Gasteiger partial charge in [0.2, 0.25) is 0 Å². The molecule has 0 aromatic heterocycles. The van der Waals surface area contributed by atoms with E-state index in [0.29, 0.717) is 0 Å². The van der Waals surface area contributed by atoms with Gasteiger partial charge in [0, 0.05) is 0 Å². The Hall–Kier alpha value is 1.17. The summed E-state index contributed by atoms with van der Waals surface area (Å²) < 4.78 is 0. The summed E-state index contributed by atoms with van der Waals surface area (Å²) in [6, 6.07) is 0. The molecule has 0 bridgehead atoms. The SMILES string of the molecule is CP(C)(C)(C)P(O)(O)(O)P(C)(C)(C)C. The molecule has 92 valence electrons. The second-order valence-corrected chi connectivity index (χ2v) is 38.5. The summed E-state index contributed by atoms with van der Waals surface area (Å²) in [5.41, 5.74) is 0. The van der Waals surface area contributed by atoms with Gasteiger partial charge < -0.3 is 0 Å². The molecule has 3 nitrogen and oxygen atoms in total. The van der Waals surface area contributed by atoms with Gasteiger partial charge in [0.05, 0.1) is 0 Å². The van der Waals surface area contributed by atoms with Crippen molar-refractivity contribution in [2.75, 3.05) is 53.3 Å². The summed E-state index contributed by atoms with van der Waals surface area (Å²) in [5.74, 6) is 0. The van der Waals surface area contributed by atoms with Crippen LogP contribution in [0.3, 0.4) is 0 Å². The van der Waals surface area contributed by atoms with Crippen LogP contribution in [-0.4, -0.2) is 68.0 Å². The van der Waals surface area contributed by atoms with E-state index in [2.05, 4.69) is 0 Å². The van der Waals surface area contributed by atoms with Crippen LogP contribution in [0.5, 0.6) is 0 Å². The molecule has 0 saturated carbocycles. The zero-order valence-electron chi connectivity index (χ0n) is 10.7. The average Bonchev–Trinajstić information content (AvgIpc) is 1.47. The molecule has 0 aliphatic carbocycles. The Balaban J connectivity index is 6.04. The fourth-order valence-electron chi connectivity index (χ4n) is 1.43. The summed E-state index contributed by atoms with van der Waals surface area (Å²) in [6.45, 7) is 10.0. The first kappa shape index (κ1) is 15.2. The molecule has 0 unspecified atom stereocenters. The van der Waals surface area contributed by atoms with Gasteiger partial charge in [-0.2, -0.15) is 0 Å². The minimum atomic E-state index is -4.58. The zero-order valence-corrected chi connectivity index (χ0v) is 13.4. The quantitative estimate of drug-likeness (QED) is 0.670. The van der Waals surface area contributed by atoms with E-state index in [0.717, 1.165) is 0 Å². The molecule has 0 saturated heterocycles. The maximum absolute atomic E-state index is 10.5. The third-order valence-electron chi connectivity index (χ3n) is 2.86. The fourth-order valence-corrected chi connectivity index (χ4v) is 38.6. The number of hydrogen-bond donors (Lipinski definition) is 3. The number of hydrogen-bond acceptors (Lipinski definition) is 3. The van der Waals surface area contributed by atoms with Crippen LogP contribution in [0.4, 0.5) is 0 Å². The molecule has 0 aliphatic rings. The van der Waals surface area contributed by atoms with Gasteiger partial charge in [-0.25, -0.2) is 0 Å². The Labute approximate surface area is 87.7 Å². The minimum absolute atomic E-state index is 1.82. The summed E-state index contributed by atoms with van der Waals surface area (Å²) in [6.07, 6.45) is -5.67. The van der Waals surface area contributed by atoms with Crippen molar-refractivity contribution in [3.05, 3.63) is 0 Å². The molecule has 0 aromatic rings. The molecule has 0 radical (unpaired) electrons. The molecular formula is C8H27O3P3. The van der Waals surface area contributed by atoms with Gasteiger partial charge in [-0.1, -0.05) is 0 Å². The molecule has 0 rings (SSSR count). The molecule has 0 heterocycles. The standard InChI is InChI=1S/C8H27O3P3/c1-12(2,3,4)14(9,10,11)13(5,6,7)8/h9-11H,1-8H3. The predicted molar refractivity (Wildman–Crippen MR) is 74.8 cm³/mol. The van der Waals surface area contributed by atoms with Crippen molar-refractivity contribution in [2.45, 2.75) is 0 Å². The zero-order chi connectivity index (χ0) is 12.3. The van der Waals surface area contributed by atoms with Crippen molar-refractivity contribution in [3.8, 4) is 0 Å². The van der Waals surface area contributed by atoms with Gasteiger partial charge in [-0.3, -0.25) is 0 Å². The summed E-state index contributed by atoms with van der Waals surface area (Å²) in [7, 11) is 0. The van der Waals surface area contributed by atoms with Crippen LogP contribution in [-0.2, 0) is 0 Å². The van der Waals surface area contributed by atoms with Crippen molar-refractivity contribution in [2.24, 2.45) is 0 Å². The molecule has 14 heavy (non-hydrogen) atoms. The third-order valence-corrected chi connectivity index (χ3v) is 38.6. The van der Waals surface area contributed by atoms with Gasteiger partial charge in [0.1, 0.15) is 0 Å². The van der Waals surface area contributed by atoms with Crippen LogP contribution < -0.4 is 0 Å². The predicted octanol–water partition coefficient (Wildman–Crippen LogP) is 2.24. The van der Waals surface area contributed by atoms with Crippen LogP contribution in [0.25, 0.3) is 0 Å². The monoisotopic (exact) mass is 264 g/mol. The van der Waals surface area contributed by atoms with E-state index in [-0.39, 0.29) is 0 Å². The second-order valence-electron chi connectivity index (χ2n) is 7.86. The third kappa shape index (κ3) is 1.77. The summed E-state index contributed by atoms with van der Waals surface area (Å²) in [4.78, 5) is 31.6. The Morgan fingerprint density at radius 2 is 0.643 bits per heavy atom. The van der Waals surface area contributed by atoms with Gasteiger partial charge in [0.15, 0.2) is 0 Å². The van der Waals surface area contributed by atoms with Gasteiger partial charge >= 0.3 is 87.2 Å². The van der Waals surface area contributed by atoms with E-state index in [1.54, 1.807) is 0 Å². The molecule has 0 spiro atoms. The maximum atomic E-state index is 10.5.